The van der Waals surface area contributed by atoms with Gasteiger partial charge in [0.05, 0.1) is 7.11 Å². The Balaban J connectivity index is 1.87. The Bertz CT molecular complexity index is 827. The number of methoxy groups -OCH3 is 1. The lowest BCUT2D eigenvalue weighted by Gasteiger charge is -2.23. The van der Waals surface area contributed by atoms with Crippen molar-refractivity contribution >= 4 is 28.3 Å². The van der Waals surface area contributed by atoms with Gasteiger partial charge in [-0.05, 0) is 48.9 Å². The molecule has 0 aliphatic carbocycles. The smallest absolute Gasteiger partial charge is 0.248 e. The molecule has 0 saturated heterocycles. The van der Waals surface area contributed by atoms with Crippen molar-refractivity contribution in [2.24, 2.45) is 11.3 Å². The number of nitrogens with one attached hydrogen (secondary N) is 2. The highest BCUT2D eigenvalue weighted by atomic mass is 32.1. The number of carbonyl (C=O) groups excluding carboxylic acids is 2. The van der Waals surface area contributed by atoms with E-state index in [4.69, 9.17) is 4.74 Å². The number of amides is 2. The monoisotopic (exact) mass is 418 g/mol. The molecule has 2 atom stereocenters. The van der Waals surface area contributed by atoms with E-state index in [0.717, 1.165) is 17.7 Å². The van der Waals surface area contributed by atoms with E-state index in [9.17, 15) is 9.59 Å². The molecule has 0 unspecified atom stereocenters. The zero-order valence-corrected chi connectivity index (χ0v) is 18.7. The van der Waals surface area contributed by atoms with Gasteiger partial charge in [0, 0.05) is 12.0 Å². The van der Waals surface area contributed by atoms with Crippen LogP contribution in [-0.4, -0.2) is 35.2 Å². The van der Waals surface area contributed by atoms with E-state index in [-0.39, 0.29) is 23.1 Å². The van der Waals surface area contributed by atoms with Crippen LogP contribution >= 0.6 is 11.3 Å². The molecule has 0 aliphatic heterocycles. The van der Waals surface area contributed by atoms with Gasteiger partial charge in [-0.3, -0.25) is 14.9 Å². The van der Waals surface area contributed by atoms with Crippen molar-refractivity contribution in [1.29, 1.82) is 0 Å². The third-order valence-corrected chi connectivity index (χ3v) is 5.15. The average molecular weight is 419 g/mol. The number of aromatic nitrogens is 2. The minimum Gasteiger partial charge on any atom is -0.497 e. The summed E-state index contributed by atoms with van der Waals surface area (Å²) < 4.78 is 5.14. The predicted octanol–water partition coefficient (Wildman–Crippen LogP) is 4.12. The number of carbonyl (C=O) groups is 2. The van der Waals surface area contributed by atoms with E-state index in [1.807, 2.05) is 24.3 Å². The first-order valence-electron chi connectivity index (χ1n) is 9.65. The van der Waals surface area contributed by atoms with Crippen molar-refractivity contribution in [1.82, 2.24) is 15.5 Å². The molecule has 7 nitrogen and oxygen atoms in total. The van der Waals surface area contributed by atoms with Crippen LogP contribution in [-0.2, 0) is 9.59 Å². The van der Waals surface area contributed by atoms with Gasteiger partial charge in [0.25, 0.3) is 0 Å². The second-order valence-corrected chi connectivity index (χ2v) is 9.47. The van der Waals surface area contributed by atoms with E-state index < -0.39 is 6.04 Å². The molecule has 0 bridgehead atoms. The molecule has 1 aromatic carbocycles. The molecule has 2 amide bonds. The lowest BCUT2D eigenvalue weighted by atomic mass is 9.84. The van der Waals surface area contributed by atoms with E-state index in [1.54, 1.807) is 14.0 Å². The van der Waals surface area contributed by atoms with Gasteiger partial charge < -0.3 is 10.1 Å². The quantitative estimate of drug-likeness (QED) is 0.673. The number of benzene rings is 1. The van der Waals surface area contributed by atoms with Gasteiger partial charge in [0.2, 0.25) is 16.9 Å². The summed E-state index contributed by atoms with van der Waals surface area (Å²) >= 11 is 1.27. The second-order valence-electron chi connectivity index (χ2n) is 8.49. The molecule has 1 heterocycles. The van der Waals surface area contributed by atoms with E-state index in [0.29, 0.717) is 16.6 Å². The Morgan fingerprint density at radius 2 is 1.79 bits per heavy atom. The highest BCUT2D eigenvalue weighted by Gasteiger charge is 2.21. The Morgan fingerprint density at radius 3 is 2.38 bits per heavy atom. The molecule has 1 aromatic heterocycles. The molecular formula is C21H30N4O3S. The maximum atomic E-state index is 12.4. The summed E-state index contributed by atoms with van der Waals surface area (Å²) in [6.45, 7) is 10.2. The van der Waals surface area contributed by atoms with Gasteiger partial charge in [-0.15, -0.1) is 10.2 Å². The zero-order valence-electron chi connectivity index (χ0n) is 17.9. The Kier molecular flexibility index (Phi) is 7.73. The van der Waals surface area contributed by atoms with Crippen LogP contribution in [0.1, 0.15) is 47.5 Å². The first-order valence-corrected chi connectivity index (χ1v) is 10.5. The largest absolute Gasteiger partial charge is 0.497 e. The van der Waals surface area contributed by atoms with Crippen molar-refractivity contribution < 1.29 is 14.3 Å². The zero-order chi connectivity index (χ0) is 21.6. The van der Waals surface area contributed by atoms with Gasteiger partial charge in [0.15, 0.2) is 0 Å². The number of ether oxygens (including phenoxy) is 1. The summed E-state index contributed by atoms with van der Waals surface area (Å²) in [5.74, 6) is 0.563. The number of nitrogens with zero attached hydrogens (tertiary/aromatic N) is 2. The average Bonchev–Trinajstić information content (AvgIpc) is 3.08. The van der Waals surface area contributed by atoms with Crippen LogP contribution in [0.25, 0.3) is 10.6 Å². The Morgan fingerprint density at radius 1 is 1.14 bits per heavy atom. The summed E-state index contributed by atoms with van der Waals surface area (Å²) in [4.78, 5) is 24.6. The summed E-state index contributed by atoms with van der Waals surface area (Å²) in [6.07, 6.45) is 1.34. The molecule has 0 radical (unpaired) electrons. The van der Waals surface area contributed by atoms with Gasteiger partial charge in [-0.25, -0.2) is 0 Å². The Labute approximate surface area is 176 Å². The van der Waals surface area contributed by atoms with Gasteiger partial charge in [0.1, 0.15) is 16.8 Å². The fraction of sp³-hybridized carbons (Fsp3) is 0.524. The summed E-state index contributed by atoms with van der Waals surface area (Å²) in [7, 11) is 1.61. The predicted molar refractivity (Wildman–Crippen MR) is 116 cm³/mol. The summed E-state index contributed by atoms with van der Waals surface area (Å²) in [5, 5.41) is 14.7. The SMILES string of the molecule is COc1ccc(-c2nnc(NC(=O)[C@H](C)NC(=O)C[C@H](C)CC(C)(C)C)s2)cc1. The van der Waals surface area contributed by atoms with E-state index in [2.05, 4.69) is 48.5 Å². The van der Waals surface area contributed by atoms with Crippen molar-refractivity contribution in [3.8, 4) is 16.3 Å². The highest BCUT2D eigenvalue weighted by molar-refractivity contribution is 7.18. The highest BCUT2D eigenvalue weighted by Crippen LogP contribution is 2.28. The fourth-order valence-electron chi connectivity index (χ4n) is 3.14. The molecule has 158 valence electrons. The minimum atomic E-state index is -0.655. The second kappa shape index (κ2) is 9.82. The maximum absolute atomic E-state index is 12.4. The van der Waals surface area contributed by atoms with E-state index >= 15 is 0 Å². The first-order chi connectivity index (χ1) is 13.6. The normalized spacial score (nSPS) is 13.4. The molecule has 0 fully saturated rings. The van der Waals surface area contributed by atoms with E-state index in [1.165, 1.54) is 11.3 Å². The lowest BCUT2D eigenvalue weighted by molar-refractivity contribution is -0.126. The molecule has 0 saturated carbocycles. The third kappa shape index (κ3) is 7.45. The standard InChI is InChI=1S/C21H30N4O3S/c1-13(12-21(3,4)5)11-17(26)22-14(2)18(27)23-20-25-24-19(29-20)15-7-9-16(28-6)10-8-15/h7-10,13-14H,11-12H2,1-6H3,(H,22,26)(H,23,25,27)/t13-,14-/m0/s1. The number of hydrogen-bond acceptors (Lipinski definition) is 6. The van der Waals surface area contributed by atoms with Crippen molar-refractivity contribution in [2.45, 2.75) is 53.5 Å². The molecule has 2 rings (SSSR count). The summed E-state index contributed by atoms with van der Waals surface area (Å²) in [5.41, 5.74) is 1.06. The molecule has 0 aliphatic rings. The van der Waals surface area contributed by atoms with Crippen LogP contribution < -0.4 is 15.4 Å². The van der Waals surface area contributed by atoms with Crippen molar-refractivity contribution in [3.63, 3.8) is 0 Å². The van der Waals surface area contributed by atoms with Gasteiger partial charge in [-0.1, -0.05) is 39.0 Å². The molecule has 29 heavy (non-hydrogen) atoms. The minimum absolute atomic E-state index is 0.124. The van der Waals surface area contributed by atoms with Crippen LogP contribution in [0.3, 0.4) is 0 Å². The number of rotatable bonds is 8. The molecule has 2 N–H and O–H groups in total. The van der Waals surface area contributed by atoms with Crippen LogP contribution in [0.2, 0.25) is 0 Å². The first kappa shape index (κ1) is 22.8. The maximum Gasteiger partial charge on any atom is 0.248 e. The Hall–Kier alpha value is -2.48. The third-order valence-electron chi connectivity index (χ3n) is 4.26. The lowest BCUT2D eigenvalue weighted by Crippen LogP contribution is -2.42. The topological polar surface area (TPSA) is 93.2 Å². The van der Waals surface area contributed by atoms with Gasteiger partial charge in [-0.2, -0.15) is 0 Å². The summed E-state index contributed by atoms with van der Waals surface area (Å²) in [6, 6.07) is 6.79. The number of anilines is 1. The molecule has 8 heteroatoms. The van der Waals surface area contributed by atoms with Crippen LogP contribution in [0, 0.1) is 11.3 Å². The molecule has 0 spiro atoms. The fourth-order valence-corrected chi connectivity index (χ4v) is 3.89. The molecule has 2 aromatic rings. The van der Waals surface area contributed by atoms with Crippen LogP contribution in [0.15, 0.2) is 24.3 Å². The van der Waals surface area contributed by atoms with Crippen LogP contribution in [0.4, 0.5) is 5.13 Å². The number of hydrogen-bond donors (Lipinski definition) is 2. The van der Waals surface area contributed by atoms with Crippen LogP contribution in [0.5, 0.6) is 5.75 Å². The van der Waals surface area contributed by atoms with Gasteiger partial charge >= 0.3 is 0 Å². The van der Waals surface area contributed by atoms with Crippen molar-refractivity contribution in [3.05, 3.63) is 24.3 Å². The molecular weight excluding hydrogens is 388 g/mol. The van der Waals surface area contributed by atoms with Crippen molar-refractivity contribution in [2.75, 3.05) is 12.4 Å².